The molecule has 9 heavy (non-hydrogen) atoms. The van der Waals surface area contributed by atoms with Crippen LogP contribution in [-0.4, -0.2) is 40.3 Å². The summed E-state index contributed by atoms with van der Waals surface area (Å²) >= 11 is 0. The van der Waals surface area contributed by atoms with Crippen LogP contribution in [0, 0.1) is 0 Å². The van der Waals surface area contributed by atoms with Gasteiger partial charge in [0.15, 0.2) is 6.29 Å². The van der Waals surface area contributed by atoms with Crippen LogP contribution in [0.1, 0.15) is 6.42 Å². The first kappa shape index (κ1) is 6.95. The predicted molar refractivity (Wildman–Crippen MR) is 30.6 cm³/mol. The number of nitrogens with one attached hydrogen (secondary N) is 1. The second-order valence-corrected chi connectivity index (χ2v) is 2.32. The first-order valence-corrected chi connectivity index (χ1v) is 2.97. The largest absolute Gasteiger partial charge is 0.392 e. The van der Waals surface area contributed by atoms with Crippen LogP contribution in [0.5, 0.6) is 0 Å². The minimum absolute atomic E-state index is 0.347. The Hall–Kier alpha value is -0.160. The molecule has 2 atom stereocenters. The van der Waals surface area contributed by atoms with Gasteiger partial charge in [-0.15, -0.1) is 0 Å². The molecular weight excluding hydrogens is 122 g/mol. The van der Waals surface area contributed by atoms with Gasteiger partial charge in [-0.05, 0) is 6.42 Å². The topological polar surface area (TPSA) is 72.7 Å². The van der Waals surface area contributed by atoms with Gasteiger partial charge in [0.25, 0.3) is 0 Å². The molecule has 0 aromatic rings. The van der Waals surface area contributed by atoms with Gasteiger partial charge < -0.3 is 20.6 Å². The van der Waals surface area contributed by atoms with E-state index in [1.54, 1.807) is 0 Å². The molecule has 1 aliphatic rings. The van der Waals surface area contributed by atoms with Crippen molar-refractivity contribution in [2.45, 2.75) is 24.9 Å². The molecule has 4 nitrogen and oxygen atoms in total. The fourth-order valence-electron chi connectivity index (χ4n) is 0.974. The van der Waals surface area contributed by atoms with Crippen LogP contribution < -0.4 is 5.32 Å². The lowest BCUT2D eigenvalue weighted by Crippen LogP contribution is -2.34. The van der Waals surface area contributed by atoms with Crippen LogP contribution in [0.25, 0.3) is 0 Å². The van der Waals surface area contributed by atoms with Crippen molar-refractivity contribution in [2.24, 2.45) is 0 Å². The van der Waals surface area contributed by atoms with Crippen LogP contribution in [0.15, 0.2) is 0 Å². The van der Waals surface area contributed by atoms with Crippen molar-refractivity contribution in [1.29, 1.82) is 0 Å². The maximum absolute atomic E-state index is 8.86. The molecule has 0 aliphatic carbocycles. The predicted octanol–water partition coefficient (Wildman–Crippen LogP) is -1.98. The second kappa shape index (κ2) is 2.62. The van der Waals surface area contributed by atoms with Gasteiger partial charge in [0.1, 0.15) is 0 Å². The normalized spacial score (nSPS) is 36.0. The van der Waals surface area contributed by atoms with E-state index in [1.165, 1.54) is 0 Å². The molecule has 1 rings (SSSR count). The first-order chi connectivity index (χ1) is 4.20. The van der Waals surface area contributed by atoms with Crippen LogP contribution in [-0.2, 0) is 0 Å². The van der Waals surface area contributed by atoms with E-state index in [1.807, 2.05) is 0 Å². The standard InChI is InChI=1S/C5H11NO3/c7-3-1-4(5(8)9)6-2-3/h3-9H,1-2H2. The van der Waals surface area contributed by atoms with E-state index >= 15 is 0 Å². The zero-order chi connectivity index (χ0) is 6.85. The third kappa shape index (κ3) is 1.62. The Bertz CT molecular complexity index is 96.2. The molecule has 4 heteroatoms. The van der Waals surface area contributed by atoms with Crippen molar-refractivity contribution in [3.05, 3.63) is 0 Å². The SMILES string of the molecule is OC1CNC(C(O)O)C1. The van der Waals surface area contributed by atoms with Gasteiger partial charge in [0, 0.05) is 6.54 Å². The molecule has 0 radical (unpaired) electrons. The van der Waals surface area contributed by atoms with Gasteiger partial charge in [-0.2, -0.15) is 0 Å². The molecule has 1 saturated heterocycles. The number of hydrogen-bond donors (Lipinski definition) is 4. The monoisotopic (exact) mass is 133 g/mol. The van der Waals surface area contributed by atoms with Crippen molar-refractivity contribution < 1.29 is 15.3 Å². The van der Waals surface area contributed by atoms with Crippen molar-refractivity contribution >= 4 is 0 Å². The highest BCUT2D eigenvalue weighted by Crippen LogP contribution is 2.07. The van der Waals surface area contributed by atoms with Crippen molar-refractivity contribution in [1.82, 2.24) is 5.32 Å². The maximum Gasteiger partial charge on any atom is 0.167 e. The van der Waals surface area contributed by atoms with Crippen molar-refractivity contribution in [2.75, 3.05) is 6.54 Å². The lowest BCUT2D eigenvalue weighted by Gasteiger charge is -2.10. The van der Waals surface area contributed by atoms with E-state index in [2.05, 4.69) is 5.32 Å². The molecular formula is C5H11NO3. The van der Waals surface area contributed by atoms with E-state index in [0.29, 0.717) is 13.0 Å². The Kier molecular flexibility index (Phi) is 2.02. The average molecular weight is 133 g/mol. The van der Waals surface area contributed by atoms with E-state index in [-0.39, 0.29) is 6.04 Å². The molecule has 0 aromatic heterocycles. The van der Waals surface area contributed by atoms with Gasteiger partial charge in [-0.1, -0.05) is 0 Å². The summed E-state index contributed by atoms with van der Waals surface area (Å²) in [5.74, 6) is 0. The van der Waals surface area contributed by atoms with Crippen molar-refractivity contribution in [3.63, 3.8) is 0 Å². The molecule has 0 bridgehead atoms. The molecule has 54 valence electrons. The van der Waals surface area contributed by atoms with Crippen molar-refractivity contribution in [3.8, 4) is 0 Å². The number of rotatable bonds is 1. The highest BCUT2D eigenvalue weighted by Gasteiger charge is 2.26. The Labute approximate surface area is 53.1 Å². The van der Waals surface area contributed by atoms with E-state index in [9.17, 15) is 0 Å². The molecule has 1 heterocycles. The molecule has 2 unspecified atom stereocenters. The van der Waals surface area contributed by atoms with E-state index < -0.39 is 12.4 Å². The number of aliphatic hydroxyl groups is 3. The van der Waals surface area contributed by atoms with E-state index in [4.69, 9.17) is 15.3 Å². The summed E-state index contributed by atoms with van der Waals surface area (Å²) in [6.45, 7) is 0.461. The highest BCUT2D eigenvalue weighted by atomic mass is 16.5. The fourth-order valence-corrected chi connectivity index (χ4v) is 0.974. The lowest BCUT2D eigenvalue weighted by atomic mass is 10.2. The molecule has 1 fully saturated rings. The number of aliphatic hydroxyl groups excluding tert-OH is 2. The van der Waals surface area contributed by atoms with Gasteiger partial charge in [0.05, 0.1) is 12.1 Å². The number of β-amino-alcohol motifs (C(OH)–C–C–N with tert-alkyl or cyclic N) is 1. The van der Waals surface area contributed by atoms with Gasteiger partial charge in [-0.25, -0.2) is 0 Å². The molecule has 0 amide bonds. The summed E-state index contributed by atoms with van der Waals surface area (Å²) in [6.07, 6.45) is -1.34. The number of hydrogen-bond acceptors (Lipinski definition) is 4. The smallest absolute Gasteiger partial charge is 0.167 e. The minimum Gasteiger partial charge on any atom is -0.392 e. The maximum atomic E-state index is 8.86. The van der Waals surface area contributed by atoms with E-state index in [0.717, 1.165) is 0 Å². The second-order valence-electron chi connectivity index (χ2n) is 2.32. The van der Waals surface area contributed by atoms with Gasteiger partial charge in [-0.3, -0.25) is 0 Å². The Morgan fingerprint density at radius 3 is 2.33 bits per heavy atom. The zero-order valence-electron chi connectivity index (χ0n) is 4.99. The summed E-state index contributed by atoms with van der Waals surface area (Å²) in [5.41, 5.74) is 0. The first-order valence-electron chi connectivity index (χ1n) is 2.97. The summed E-state index contributed by atoms with van der Waals surface area (Å²) < 4.78 is 0. The summed E-state index contributed by atoms with van der Waals surface area (Å²) in [6, 6.07) is -0.347. The summed E-state index contributed by atoms with van der Waals surface area (Å²) in [4.78, 5) is 0. The van der Waals surface area contributed by atoms with Gasteiger partial charge >= 0.3 is 0 Å². The van der Waals surface area contributed by atoms with Crippen LogP contribution in [0.4, 0.5) is 0 Å². The fraction of sp³-hybridized carbons (Fsp3) is 1.00. The van der Waals surface area contributed by atoms with Crippen LogP contribution in [0.3, 0.4) is 0 Å². The van der Waals surface area contributed by atoms with Crippen LogP contribution >= 0.6 is 0 Å². The third-order valence-corrected chi connectivity index (χ3v) is 1.50. The van der Waals surface area contributed by atoms with Crippen LogP contribution in [0.2, 0.25) is 0 Å². The molecule has 0 saturated carbocycles. The summed E-state index contributed by atoms with van der Waals surface area (Å²) in [5, 5.41) is 28.7. The molecule has 1 aliphatic heterocycles. The third-order valence-electron chi connectivity index (χ3n) is 1.50. The lowest BCUT2D eigenvalue weighted by molar-refractivity contribution is -0.0643. The summed E-state index contributed by atoms with van der Waals surface area (Å²) in [7, 11) is 0. The zero-order valence-corrected chi connectivity index (χ0v) is 4.99. The highest BCUT2D eigenvalue weighted by molar-refractivity contribution is 4.81. The Morgan fingerprint density at radius 1 is 1.44 bits per heavy atom. The quantitative estimate of drug-likeness (QED) is 0.313. The minimum atomic E-state index is -1.35. The molecule has 0 spiro atoms. The Balaban J connectivity index is 2.30. The molecule has 0 aromatic carbocycles. The Morgan fingerprint density at radius 2 is 2.11 bits per heavy atom. The average Bonchev–Trinajstić information content (AvgIpc) is 2.14. The molecule has 4 N–H and O–H groups in total. The van der Waals surface area contributed by atoms with Gasteiger partial charge in [0.2, 0.25) is 0 Å².